The normalized spacial score (nSPS) is 10.9. The van der Waals surface area contributed by atoms with Crippen LogP contribution < -0.4 is 10.9 Å². The van der Waals surface area contributed by atoms with Gasteiger partial charge in [0.05, 0.1) is 5.75 Å². The molecule has 2 N–H and O–H groups in total. The van der Waals surface area contributed by atoms with Gasteiger partial charge in [0.1, 0.15) is 0 Å². The molecule has 0 spiro atoms. The second kappa shape index (κ2) is 9.42. The number of nitrogens with zero attached hydrogens (tertiary/aromatic N) is 1. The van der Waals surface area contributed by atoms with E-state index >= 15 is 0 Å². The number of aromatic nitrogens is 2. The van der Waals surface area contributed by atoms with Crippen LogP contribution in [0.5, 0.6) is 0 Å². The van der Waals surface area contributed by atoms with Crippen LogP contribution in [0.4, 0.5) is 5.69 Å². The SMILES string of the molecule is CCCCc1cc(=O)[nH]c(SCC(=O)Nc2ccccc2C(C)C)n1. The van der Waals surface area contributed by atoms with Gasteiger partial charge in [-0.05, 0) is 30.4 Å². The molecule has 0 saturated heterocycles. The highest BCUT2D eigenvalue weighted by Crippen LogP contribution is 2.24. The van der Waals surface area contributed by atoms with Crippen LogP contribution >= 0.6 is 11.8 Å². The lowest BCUT2D eigenvalue weighted by atomic mass is 10.0. The molecule has 0 aliphatic rings. The number of aromatic amines is 1. The third-order valence-electron chi connectivity index (χ3n) is 3.76. The van der Waals surface area contributed by atoms with Crippen molar-refractivity contribution in [1.82, 2.24) is 9.97 Å². The van der Waals surface area contributed by atoms with Crippen molar-refractivity contribution in [2.75, 3.05) is 11.1 Å². The number of carbonyl (C=O) groups is 1. The molecule has 0 fully saturated rings. The lowest BCUT2D eigenvalue weighted by molar-refractivity contribution is -0.113. The summed E-state index contributed by atoms with van der Waals surface area (Å²) in [6.45, 7) is 6.29. The van der Waals surface area contributed by atoms with E-state index in [1.54, 1.807) is 0 Å². The molecule has 0 radical (unpaired) electrons. The fourth-order valence-corrected chi connectivity index (χ4v) is 3.17. The maximum absolute atomic E-state index is 12.3. The molecule has 0 atom stereocenters. The summed E-state index contributed by atoms with van der Waals surface area (Å²) in [5.41, 5.74) is 2.54. The van der Waals surface area contributed by atoms with Crippen molar-refractivity contribution in [3.63, 3.8) is 0 Å². The van der Waals surface area contributed by atoms with Gasteiger partial charge < -0.3 is 10.3 Å². The summed E-state index contributed by atoms with van der Waals surface area (Å²) in [5.74, 6) is 0.421. The maximum Gasteiger partial charge on any atom is 0.251 e. The van der Waals surface area contributed by atoms with Crippen molar-refractivity contribution in [1.29, 1.82) is 0 Å². The first kappa shape index (κ1) is 19.2. The zero-order valence-corrected chi connectivity index (χ0v) is 15.8. The van der Waals surface area contributed by atoms with Crippen LogP contribution in [0.1, 0.15) is 50.8 Å². The maximum atomic E-state index is 12.3. The second-order valence-electron chi connectivity index (χ2n) is 6.22. The zero-order chi connectivity index (χ0) is 18.2. The molecule has 1 heterocycles. The summed E-state index contributed by atoms with van der Waals surface area (Å²) in [4.78, 5) is 31.1. The molecule has 134 valence electrons. The number of unbranched alkanes of at least 4 members (excludes halogenated alkanes) is 1. The molecule has 0 bridgehead atoms. The Morgan fingerprint density at radius 3 is 2.80 bits per heavy atom. The molecule has 1 amide bonds. The third kappa shape index (κ3) is 6.05. The summed E-state index contributed by atoms with van der Waals surface area (Å²) in [6.07, 6.45) is 2.82. The summed E-state index contributed by atoms with van der Waals surface area (Å²) in [6, 6.07) is 9.33. The Balaban J connectivity index is 1.98. The van der Waals surface area contributed by atoms with Gasteiger partial charge in [-0.15, -0.1) is 0 Å². The van der Waals surface area contributed by atoms with Crippen LogP contribution in [0.25, 0.3) is 0 Å². The molecule has 5 nitrogen and oxygen atoms in total. The predicted octanol–water partition coefficient (Wildman–Crippen LogP) is 3.97. The van der Waals surface area contributed by atoms with E-state index in [-0.39, 0.29) is 17.2 Å². The van der Waals surface area contributed by atoms with Gasteiger partial charge in [-0.3, -0.25) is 9.59 Å². The van der Waals surface area contributed by atoms with E-state index in [2.05, 4.69) is 36.1 Å². The van der Waals surface area contributed by atoms with Crippen LogP contribution in [-0.4, -0.2) is 21.6 Å². The van der Waals surface area contributed by atoms with E-state index in [4.69, 9.17) is 0 Å². The standard InChI is InChI=1S/C19H25N3O2S/c1-4-5-8-14-11-17(23)22-19(20-14)25-12-18(24)21-16-10-7-6-9-15(16)13(2)3/h6-7,9-11,13H,4-5,8,12H2,1-3H3,(H,21,24)(H,20,22,23). The average molecular weight is 359 g/mol. The molecule has 0 saturated carbocycles. The Kier molecular flexibility index (Phi) is 7.25. The molecule has 1 aromatic heterocycles. The molecule has 6 heteroatoms. The Morgan fingerprint density at radius 1 is 1.32 bits per heavy atom. The number of anilines is 1. The van der Waals surface area contributed by atoms with Crippen molar-refractivity contribution in [2.45, 2.75) is 51.1 Å². The van der Waals surface area contributed by atoms with Gasteiger partial charge in [-0.2, -0.15) is 0 Å². The largest absolute Gasteiger partial charge is 0.325 e. The number of rotatable bonds is 8. The molecule has 2 aromatic rings. The number of benzene rings is 1. The first-order chi connectivity index (χ1) is 12.0. The van der Waals surface area contributed by atoms with Gasteiger partial charge in [-0.1, -0.05) is 57.2 Å². The van der Waals surface area contributed by atoms with Gasteiger partial charge in [0, 0.05) is 17.4 Å². The number of carbonyl (C=O) groups excluding carboxylic acids is 1. The van der Waals surface area contributed by atoms with Crippen molar-refractivity contribution in [3.8, 4) is 0 Å². The van der Waals surface area contributed by atoms with Gasteiger partial charge in [0.25, 0.3) is 5.56 Å². The fraction of sp³-hybridized carbons (Fsp3) is 0.421. The van der Waals surface area contributed by atoms with Crippen molar-refractivity contribution in [2.24, 2.45) is 0 Å². The summed E-state index contributed by atoms with van der Waals surface area (Å²) >= 11 is 1.25. The van der Waals surface area contributed by atoms with Crippen LogP contribution in [0, 0.1) is 0 Å². The van der Waals surface area contributed by atoms with Gasteiger partial charge >= 0.3 is 0 Å². The molecule has 0 unspecified atom stereocenters. The lowest BCUT2D eigenvalue weighted by Crippen LogP contribution is -2.17. The number of H-pyrrole nitrogens is 1. The Labute approximate surface area is 152 Å². The number of hydrogen-bond acceptors (Lipinski definition) is 4. The van der Waals surface area contributed by atoms with Crippen LogP contribution in [0.3, 0.4) is 0 Å². The van der Waals surface area contributed by atoms with Crippen molar-refractivity contribution >= 4 is 23.4 Å². The predicted molar refractivity (Wildman–Crippen MR) is 103 cm³/mol. The molecular formula is C19H25N3O2S. The monoisotopic (exact) mass is 359 g/mol. The smallest absolute Gasteiger partial charge is 0.251 e. The first-order valence-electron chi connectivity index (χ1n) is 8.61. The van der Waals surface area contributed by atoms with Gasteiger partial charge in [-0.25, -0.2) is 4.98 Å². The number of para-hydroxylation sites is 1. The molecule has 0 aliphatic heterocycles. The highest BCUT2D eigenvalue weighted by Gasteiger charge is 2.10. The van der Waals surface area contributed by atoms with E-state index in [1.807, 2.05) is 24.3 Å². The number of hydrogen-bond donors (Lipinski definition) is 2. The topological polar surface area (TPSA) is 74.8 Å². The summed E-state index contributed by atoms with van der Waals surface area (Å²) in [5, 5.41) is 3.44. The minimum absolute atomic E-state index is 0.111. The third-order valence-corrected chi connectivity index (χ3v) is 4.63. The van der Waals surface area contributed by atoms with E-state index in [0.717, 1.165) is 36.2 Å². The second-order valence-corrected chi connectivity index (χ2v) is 7.19. The van der Waals surface area contributed by atoms with Crippen molar-refractivity contribution in [3.05, 3.63) is 51.9 Å². The molecule has 2 rings (SSSR count). The highest BCUT2D eigenvalue weighted by molar-refractivity contribution is 7.99. The number of nitrogens with one attached hydrogen (secondary N) is 2. The summed E-state index contributed by atoms with van der Waals surface area (Å²) in [7, 11) is 0. The number of aryl methyl sites for hydroxylation is 1. The zero-order valence-electron chi connectivity index (χ0n) is 15.0. The van der Waals surface area contributed by atoms with Gasteiger partial charge in [0.2, 0.25) is 5.91 Å². The van der Waals surface area contributed by atoms with E-state index in [9.17, 15) is 9.59 Å². The highest BCUT2D eigenvalue weighted by atomic mass is 32.2. The Morgan fingerprint density at radius 2 is 2.08 bits per heavy atom. The minimum Gasteiger partial charge on any atom is -0.325 e. The van der Waals surface area contributed by atoms with Gasteiger partial charge in [0.15, 0.2) is 5.16 Å². The molecular weight excluding hydrogens is 334 g/mol. The quantitative estimate of drug-likeness (QED) is 0.552. The number of amides is 1. The Hall–Kier alpha value is -2.08. The van der Waals surface area contributed by atoms with Crippen LogP contribution in [-0.2, 0) is 11.2 Å². The number of thioether (sulfide) groups is 1. The van der Waals surface area contributed by atoms with Crippen LogP contribution in [0.15, 0.2) is 40.3 Å². The van der Waals surface area contributed by atoms with Crippen LogP contribution in [0.2, 0.25) is 0 Å². The molecule has 25 heavy (non-hydrogen) atoms. The first-order valence-corrected chi connectivity index (χ1v) is 9.60. The summed E-state index contributed by atoms with van der Waals surface area (Å²) < 4.78 is 0. The minimum atomic E-state index is -0.172. The average Bonchev–Trinajstić information content (AvgIpc) is 2.58. The van der Waals surface area contributed by atoms with E-state index in [1.165, 1.54) is 17.8 Å². The fourth-order valence-electron chi connectivity index (χ4n) is 2.47. The van der Waals surface area contributed by atoms with E-state index < -0.39 is 0 Å². The Bertz CT molecular complexity index is 771. The molecule has 1 aromatic carbocycles. The lowest BCUT2D eigenvalue weighted by Gasteiger charge is -2.13. The van der Waals surface area contributed by atoms with Crippen molar-refractivity contribution < 1.29 is 4.79 Å². The van der Waals surface area contributed by atoms with E-state index in [0.29, 0.717) is 11.1 Å². The molecule has 0 aliphatic carbocycles.